The number of carboxylic acid groups (broad SMARTS) is 1. The van der Waals surface area contributed by atoms with Crippen molar-refractivity contribution in [1.29, 1.82) is 0 Å². The van der Waals surface area contributed by atoms with Gasteiger partial charge in [0.1, 0.15) is 11.5 Å². The summed E-state index contributed by atoms with van der Waals surface area (Å²) in [5.74, 6) is 7.22. The molecule has 6 rings (SSSR count). The highest BCUT2D eigenvalue weighted by Gasteiger charge is 2.60. The molecule has 0 aliphatic heterocycles. The minimum atomic E-state index is -0.915. The maximum absolute atomic E-state index is 11.4. The smallest absolute Gasteiger partial charge is 0.328 e. The van der Waals surface area contributed by atoms with Crippen LogP contribution in [-0.4, -0.2) is 24.3 Å². The number of hydrogen-bond acceptors (Lipinski definition) is 5. The second-order valence-electron chi connectivity index (χ2n) is 19.0. The summed E-state index contributed by atoms with van der Waals surface area (Å²) < 4.78 is 12.4. The summed E-state index contributed by atoms with van der Waals surface area (Å²) in [7, 11) is 0. The molecule has 4 aliphatic carbocycles. The van der Waals surface area contributed by atoms with Gasteiger partial charge in [-0.1, -0.05) is 59.9 Å². The van der Waals surface area contributed by atoms with E-state index in [1.807, 2.05) is 18.2 Å². The fraction of sp³-hybridized carbons (Fsp3) is 0.688. The Labute approximate surface area is 327 Å². The molecule has 0 radical (unpaired) electrons. The third kappa shape index (κ3) is 9.10. The molecular weight excluding hydrogens is 669 g/mol. The largest absolute Gasteiger partial charge is 0.493 e. The number of unbranched alkanes of at least 4 members (excludes halogenated alkanes) is 3. The number of carboxylic acids is 1. The Morgan fingerprint density at radius 1 is 0.815 bits per heavy atom. The van der Waals surface area contributed by atoms with Crippen LogP contribution in [-0.2, 0) is 4.79 Å². The zero-order valence-electron chi connectivity index (χ0n) is 34.3. The van der Waals surface area contributed by atoms with E-state index in [1.165, 1.54) is 88.7 Å². The minimum absolute atomic E-state index is 0.423. The van der Waals surface area contributed by atoms with Crippen LogP contribution in [0.4, 0.5) is 11.4 Å². The summed E-state index contributed by atoms with van der Waals surface area (Å²) in [6, 6.07) is 11.7. The molecule has 298 valence electrons. The molecule has 2 aromatic rings. The van der Waals surface area contributed by atoms with Gasteiger partial charge in [0.05, 0.1) is 18.9 Å². The number of nitrogens with two attached hydrogens (primary N) is 2. The van der Waals surface area contributed by atoms with E-state index in [1.54, 1.807) is 12.1 Å². The molecule has 4 aliphatic rings. The van der Waals surface area contributed by atoms with E-state index in [2.05, 4.69) is 46.8 Å². The van der Waals surface area contributed by atoms with Crippen LogP contribution >= 0.6 is 0 Å². The van der Waals surface area contributed by atoms with Gasteiger partial charge in [-0.25, -0.2) is 4.79 Å². The van der Waals surface area contributed by atoms with Crippen LogP contribution in [0, 0.1) is 52.3 Å². The van der Waals surface area contributed by atoms with E-state index < -0.39 is 5.97 Å². The van der Waals surface area contributed by atoms with Gasteiger partial charge < -0.3 is 26.0 Å². The fourth-order valence-corrected chi connectivity index (χ4v) is 12.5. The Bertz CT molecular complexity index is 1590. The first-order valence-corrected chi connectivity index (χ1v) is 21.8. The maximum atomic E-state index is 11.4. The molecule has 5 unspecified atom stereocenters. The van der Waals surface area contributed by atoms with Gasteiger partial charge in [0.15, 0.2) is 0 Å². The first kappa shape index (κ1) is 40.5. The molecule has 0 heterocycles. The highest BCUT2D eigenvalue weighted by Crippen LogP contribution is 2.69. The SMILES string of the molecule is CC(C)CCC[C@@H](C)[C@H]1CCC2C3CCC4CC(c5cc(C=CC(=O)O)ccc5OCCCCCCOc5ccc(N)cc5N)CC[C@]4(C)C3CC[C@@]21C. The first-order valence-electron chi connectivity index (χ1n) is 21.8. The third-order valence-corrected chi connectivity index (χ3v) is 15.3. The highest BCUT2D eigenvalue weighted by molar-refractivity contribution is 5.85. The van der Waals surface area contributed by atoms with E-state index in [0.717, 1.165) is 78.4 Å². The molecule has 0 saturated heterocycles. The van der Waals surface area contributed by atoms with Crippen molar-refractivity contribution in [1.82, 2.24) is 0 Å². The Kier molecular flexibility index (Phi) is 13.3. The molecule has 54 heavy (non-hydrogen) atoms. The number of nitrogen functional groups attached to an aromatic ring is 2. The Hall–Kier alpha value is -3.15. The lowest BCUT2D eigenvalue weighted by atomic mass is 9.43. The van der Waals surface area contributed by atoms with E-state index in [0.29, 0.717) is 47.1 Å². The van der Waals surface area contributed by atoms with Gasteiger partial charge in [-0.3, -0.25) is 0 Å². The standard InChI is InChI=1S/C48H72N2O4/c1-32(2)11-10-12-33(3)40-18-19-41-38-17-15-36-30-35(23-25-47(36,4)42(38)24-26-48(40,41)5)39-29-34(14-22-46(51)52)13-20-44(39)53-27-8-6-7-9-28-54-45-21-16-37(49)31-43(45)50/h13-14,16,20-22,29,31-33,35-36,38,40-42H,6-12,15,17-19,23-28,30,49-50H2,1-5H3,(H,51,52)/t33-,35?,36?,38?,40-,41?,42?,47+,48-/m1/s1. The van der Waals surface area contributed by atoms with Crippen LogP contribution in [0.25, 0.3) is 6.08 Å². The van der Waals surface area contributed by atoms with Crippen molar-refractivity contribution in [3.8, 4) is 11.5 Å². The van der Waals surface area contributed by atoms with Crippen molar-refractivity contribution in [3.63, 3.8) is 0 Å². The number of carbonyl (C=O) groups is 1. The summed E-state index contributed by atoms with van der Waals surface area (Å²) in [4.78, 5) is 11.4. The fourth-order valence-electron chi connectivity index (χ4n) is 12.5. The molecule has 6 heteroatoms. The molecule has 4 saturated carbocycles. The lowest BCUT2D eigenvalue weighted by Gasteiger charge is -2.61. The van der Waals surface area contributed by atoms with Crippen molar-refractivity contribution in [3.05, 3.63) is 53.6 Å². The van der Waals surface area contributed by atoms with Gasteiger partial charge in [-0.05, 0) is 189 Å². The van der Waals surface area contributed by atoms with Crippen LogP contribution in [0.2, 0.25) is 0 Å². The molecule has 0 spiro atoms. The number of anilines is 2. The number of rotatable bonds is 17. The number of fused-ring (bicyclic) bond motifs is 5. The molecule has 9 atom stereocenters. The minimum Gasteiger partial charge on any atom is -0.493 e. The van der Waals surface area contributed by atoms with Gasteiger partial charge in [0.2, 0.25) is 0 Å². The Morgan fingerprint density at radius 2 is 1.52 bits per heavy atom. The van der Waals surface area contributed by atoms with Crippen LogP contribution in [0.5, 0.6) is 11.5 Å². The molecule has 4 fully saturated rings. The molecular formula is C48H72N2O4. The highest BCUT2D eigenvalue weighted by atomic mass is 16.5. The van der Waals surface area contributed by atoms with Crippen molar-refractivity contribution >= 4 is 23.4 Å². The van der Waals surface area contributed by atoms with Gasteiger partial charge in [0, 0.05) is 11.8 Å². The number of ether oxygens (including phenoxy) is 2. The monoisotopic (exact) mass is 741 g/mol. The predicted molar refractivity (Wildman–Crippen MR) is 224 cm³/mol. The molecule has 5 N–H and O–H groups in total. The average molecular weight is 741 g/mol. The molecule has 2 aromatic carbocycles. The van der Waals surface area contributed by atoms with Gasteiger partial charge in [-0.15, -0.1) is 0 Å². The van der Waals surface area contributed by atoms with Gasteiger partial charge >= 0.3 is 5.97 Å². The van der Waals surface area contributed by atoms with Gasteiger partial charge in [-0.2, -0.15) is 0 Å². The molecule has 0 aromatic heterocycles. The topological polar surface area (TPSA) is 108 Å². The van der Waals surface area contributed by atoms with Crippen LogP contribution in [0.15, 0.2) is 42.5 Å². The Balaban J connectivity index is 1.05. The zero-order chi connectivity index (χ0) is 38.5. The van der Waals surface area contributed by atoms with Crippen molar-refractivity contribution in [2.75, 3.05) is 24.7 Å². The van der Waals surface area contributed by atoms with E-state index >= 15 is 0 Å². The number of benzene rings is 2. The second kappa shape index (κ2) is 17.8. The molecule has 0 bridgehead atoms. The average Bonchev–Trinajstić information content (AvgIpc) is 3.49. The summed E-state index contributed by atoms with van der Waals surface area (Å²) in [6.07, 6.45) is 23.5. The number of hydrogen-bond donors (Lipinski definition) is 3. The maximum Gasteiger partial charge on any atom is 0.328 e. The zero-order valence-corrected chi connectivity index (χ0v) is 34.3. The van der Waals surface area contributed by atoms with Crippen molar-refractivity contribution in [2.45, 2.75) is 143 Å². The molecule has 0 amide bonds. The van der Waals surface area contributed by atoms with E-state index in [-0.39, 0.29) is 0 Å². The third-order valence-electron chi connectivity index (χ3n) is 15.3. The second-order valence-corrected chi connectivity index (χ2v) is 19.0. The van der Waals surface area contributed by atoms with E-state index in [9.17, 15) is 9.90 Å². The molecule has 6 nitrogen and oxygen atoms in total. The first-order chi connectivity index (χ1) is 25.9. The quantitative estimate of drug-likeness (QED) is 0.0846. The normalized spacial score (nSPS) is 31.1. The number of aliphatic carboxylic acids is 1. The van der Waals surface area contributed by atoms with Crippen LogP contribution < -0.4 is 20.9 Å². The summed E-state index contributed by atoms with van der Waals surface area (Å²) in [5, 5.41) is 9.34. The van der Waals surface area contributed by atoms with Crippen molar-refractivity contribution in [2.24, 2.45) is 52.3 Å². The van der Waals surface area contributed by atoms with E-state index in [4.69, 9.17) is 20.9 Å². The van der Waals surface area contributed by atoms with Crippen LogP contribution in [0.1, 0.15) is 154 Å². The van der Waals surface area contributed by atoms with Crippen LogP contribution in [0.3, 0.4) is 0 Å². The summed E-state index contributed by atoms with van der Waals surface area (Å²) in [6.45, 7) is 14.1. The lowest BCUT2D eigenvalue weighted by Crippen LogP contribution is -2.53. The lowest BCUT2D eigenvalue weighted by molar-refractivity contribution is -0.131. The van der Waals surface area contributed by atoms with Gasteiger partial charge in [0.25, 0.3) is 0 Å². The predicted octanol–water partition coefficient (Wildman–Crippen LogP) is 12.2. The Morgan fingerprint density at radius 3 is 2.24 bits per heavy atom. The summed E-state index contributed by atoms with van der Waals surface area (Å²) in [5.41, 5.74) is 16.2. The van der Waals surface area contributed by atoms with Crippen molar-refractivity contribution < 1.29 is 19.4 Å². The summed E-state index contributed by atoms with van der Waals surface area (Å²) >= 11 is 0.